The summed E-state index contributed by atoms with van der Waals surface area (Å²) < 4.78 is 4.73. The minimum absolute atomic E-state index is 0.00694. The van der Waals surface area contributed by atoms with Gasteiger partial charge in [0.25, 0.3) is 0 Å². The Morgan fingerprint density at radius 1 is 1.77 bits per heavy atom. The summed E-state index contributed by atoms with van der Waals surface area (Å²) in [6.07, 6.45) is 2.88. The Labute approximate surface area is 77.7 Å². The third-order valence-electron chi connectivity index (χ3n) is 1.17. The molecule has 1 N–H and O–H groups in total. The van der Waals surface area contributed by atoms with Crippen LogP contribution in [-0.2, 0) is 11.4 Å². The van der Waals surface area contributed by atoms with Gasteiger partial charge in [-0.2, -0.15) is 0 Å². The standard InChI is InChI=1S/C5H6O2.C5H8O/c6-4-5-2-1-3-7-5;1-5(2)3-4-6/h1-3,6H,4H2;4H,1,3H2,2H3. The van der Waals surface area contributed by atoms with E-state index >= 15 is 0 Å². The minimum Gasteiger partial charge on any atom is -0.467 e. The Morgan fingerprint density at radius 3 is 2.62 bits per heavy atom. The number of allylic oxidation sites excluding steroid dienone is 1. The lowest BCUT2D eigenvalue weighted by Gasteiger charge is -1.79. The Bertz CT molecular complexity index is 237. The van der Waals surface area contributed by atoms with Crippen molar-refractivity contribution in [1.82, 2.24) is 0 Å². The lowest BCUT2D eigenvalue weighted by molar-refractivity contribution is -0.107. The number of aliphatic hydroxyl groups is 1. The predicted molar refractivity (Wildman–Crippen MR) is 50.1 cm³/mol. The fourth-order valence-corrected chi connectivity index (χ4v) is 0.545. The number of carbonyl (C=O) groups is 1. The molecular weight excluding hydrogens is 168 g/mol. The van der Waals surface area contributed by atoms with Gasteiger partial charge in [-0.3, -0.25) is 0 Å². The van der Waals surface area contributed by atoms with Crippen molar-refractivity contribution in [2.24, 2.45) is 0 Å². The highest BCUT2D eigenvalue weighted by molar-refractivity contribution is 5.53. The fraction of sp³-hybridized carbons (Fsp3) is 0.300. The highest BCUT2D eigenvalue weighted by Gasteiger charge is 1.85. The molecule has 0 fully saturated rings. The van der Waals surface area contributed by atoms with E-state index in [0.717, 1.165) is 11.9 Å². The predicted octanol–water partition coefficient (Wildman–Crippen LogP) is 1.92. The summed E-state index contributed by atoms with van der Waals surface area (Å²) >= 11 is 0. The highest BCUT2D eigenvalue weighted by atomic mass is 16.4. The molecule has 72 valence electrons. The number of carbonyl (C=O) groups excluding carboxylic acids is 1. The van der Waals surface area contributed by atoms with Gasteiger partial charge in [-0.05, 0) is 19.1 Å². The molecule has 0 aliphatic heterocycles. The molecule has 0 bridgehead atoms. The van der Waals surface area contributed by atoms with Gasteiger partial charge in [0, 0.05) is 6.42 Å². The number of hydrogen-bond donors (Lipinski definition) is 1. The van der Waals surface area contributed by atoms with E-state index in [4.69, 9.17) is 9.52 Å². The molecule has 1 rings (SSSR count). The van der Waals surface area contributed by atoms with Crippen LogP contribution in [0.5, 0.6) is 0 Å². The Balaban J connectivity index is 0.000000226. The third kappa shape index (κ3) is 7.03. The summed E-state index contributed by atoms with van der Waals surface area (Å²) in [5.74, 6) is 0.611. The van der Waals surface area contributed by atoms with Gasteiger partial charge in [-0.1, -0.05) is 12.2 Å². The van der Waals surface area contributed by atoms with Crippen molar-refractivity contribution in [3.05, 3.63) is 36.3 Å². The summed E-state index contributed by atoms with van der Waals surface area (Å²) in [7, 11) is 0. The quantitative estimate of drug-likeness (QED) is 0.574. The van der Waals surface area contributed by atoms with Crippen molar-refractivity contribution in [2.45, 2.75) is 20.0 Å². The summed E-state index contributed by atoms with van der Waals surface area (Å²) in [4.78, 5) is 9.55. The van der Waals surface area contributed by atoms with E-state index < -0.39 is 0 Å². The highest BCUT2D eigenvalue weighted by Crippen LogP contribution is 1.96. The van der Waals surface area contributed by atoms with E-state index in [2.05, 4.69) is 6.58 Å². The molecule has 0 saturated heterocycles. The summed E-state index contributed by atoms with van der Waals surface area (Å²) in [5.41, 5.74) is 0.921. The maximum atomic E-state index is 9.55. The van der Waals surface area contributed by atoms with E-state index in [1.165, 1.54) is 6.26 Å². The smallest absolute Gasteiger partial charge is 0.129 e. The van der Waals surface area contributed by atoms with E-state index in [-0.39, 0.29) is 6.61 Å². The van der Waals surface area contributed by atoms with Crippen LogP contribution in [0.2, 0.25) is 0 Å². The van der Waals surface area contributed by atoms with Gasteiger partial charge in [-0.15, -0.1) is 0 Å². The first-order valence-electron chi connectivity index (χ1n) is 3.92. The molecule has 0 aliphatic carbocycles. The molecule has 0 radical (unpaired) electrons. The van der Waals surface area contributed by atoms with Crippen LogP contribution in [-0.4, -0.2) is 11.4 Å². The molecule has 3 heteroatoms. The lowest BCUT2D eigenvalue weighted by atomic mass is 10.3. The van der Waals surface area contributed by atoms with Crippen LogP contribution in [0.15, 0.2) is 35.0 Å². The second-order valence-electron chi connectivity index (χ2n) is 2.57. The van der Waals surface area contributed by atoms with Crippen molar-refractivity contribution in [1.29, 1.82) is 0 Å². The molecule has 13 heavy (non-hydrogen) atoms. The zero-order chi connectivity index (χ0) is 10.1. The molecular formula is C10H14O3. The number of rotatable bonds is 3. The van der Waals surface area contributed by atoms with Gasteiger partial charge in [0.2, 0.25) is 0 Å². The maximum Gasteiger partial charge on any atom is 0.129 e. The van der Waals surface area contributed by atoms with Gasteiger partial charge in [-0.25, -0.2) is 0 Å². The molecule has 1 aromatic rings. The molecule has 3 nitrogen and oxygen atoms in total. The second-order valence-corrected chi connectivity index (χ2v) is 2.57. The number of aldehydes is 1. The Hall–Kier alpha value is -1.35. The van der Waals surface area contributed by atoms with Crippen LogP contribution >= 0.6 is 0 Å². The van der Waals surface area contributed by atoms with Crippen LogP contribution in [0, 0.1) is 0 Å². The zero-order valence-electron chi connectivity index (χ0n) is 7.69. The van der Waals surface area contributed by atoms with Crippen molar-refractivity contribution < 1.29 is 14.3 Å². The SMILES string of the molecule is C=C(C)CC=O.OCc1ccco1. The van der Waals surface area contributed by atoms with E-state index in [1.54, 1.807) is 12.1 Å². The number of furan rings is 1. The van der Waals surface area contributed by atoms with Gasteiger partial charge < -0.3 is 14.3 Å². The van der Waals surface area contributed by atoms with Crippen molar-refractivity contribution >= 4 is 6.29 Å². The first kappa shape index (κ1) is 11.6. The number of aliphatic hydroxyl groups excluding tert-OH is 1. The summed E-state index contributed by atoms with van der Waals surface area (Å²) in [6, 6.07) is 3.46. The van der Waals surface area contributed by atoms with Crippen LogP contribution < -0.4 is 0 Å². The Kier molecular flexibility index (Phi) is 6.55. The molecule has 0 unspecified atom stereocenters. The molecule has 0 amide bonds. The third-order valence-corrected chi connectivity index (χ3v) is 1.17. The molecule has 0 saturated carbocycles. The molecule has 1 aromatic heterocycles. The van der Waals surface area contributed by atoms with Crippen LogP contribution in [0.4, 0.5) is 0 Å². The lowest BCUT2D eigenvalue weighted by Crippen LogP contribution is -1.72. The average molecular weight is 182 g/mol. The van der Waals surface area contributed by atoms with Crippen molar-refractivity contribution in [2.75, 3.05) is 0 Å². The van der Waals surface area contributed by atoms with Crippen LogP contribution in [0.25, 0.3) is 0 Å². The Morgan fingerprint density at radius 2 is 2.46 bits per heavy atom. The van der Waals surface area contributed by atoms with Gasteiger partial charge >= 0.3 is 0 Å². The largest absolute Gasteiger partial charge is 0.467 e. The van der Waals surface area contributed by atoms with E-state index in [9.17, 15) is 4.79 Å². The first-order valence-corrected chi connectivity index (χ1v) is 3.92. The van der Waals surface area contributed by atoms with Gasteiger partial charge in [0.05, 0.1) is 6.26 Å². The average Bonchev–Trinajstić information content (AvgIpc) is 2.56. The molecule has 1 heterocycles. The summed E-state index contributed by atoms with van der Waals surface area (Å²) in [6.45, 7) is 5.33. The second kappa shape index (κ2) is 7.31. The molecule has 0 spiro atoms. The molecule has 0 aromatic carbocycles. The van der Waals surface area contributed by atoms with Crippen LogP contribution in [0.1, 0.15) is 19.1 Å². The monoisotopic (exact) mass is 182 g/mol. The van der Waals surface area contributed by atoms with E-state index in [0.29, 0.717) is 12.2 Å². The topological polar surface area (TPSA) is 50.4 Å². The van der Waals surface area contributed by atoms with E-state index in [1.807, 2.05) is 6.92 Å². The molecule has 0 aliphatic rings. The zero-order valence-corrected chi connectivity index (χ0v) is 7.69. The minimum atomic E-state index is -0.00694. The van der Waals surface area contributed by atoms with Crippen molar-refractivity contribution in [3.8, 4) is 0 Å². The van der Waals surface area contributed by atoms with Crippen LogP contribution in [0.3, 0.4) is 0 Å². The van der Waals surface area contributed by atoms with Crippen molar-refractivity contribution in [3.63, 3.8) is 0 Å². The number of hydrogen-bond acceptors (Lipinski definition) is 3. The normalized spacial score (nSPS) is 8.46. The fourth-order valence-electron chi connectivity index (χ4n) is 0.545. The maximum absolute atomic E-state index is 9.55. The first-order chi connectivity index (χ1) is 6.20. The van der Waals surface area contributed by atoms with Gasteiger partial charge in [0.15, 0.2) is 0 Å². The summed E-state index contributed by atoms with van der Waals surface area (Å²) in [5, 5.41) is 8.33. The van der Waals surface area contributed by atoms with Gasteiger partial charge in [0.1, 0.15) is 18.7 Å². The molecule has 0 atom stereocenters.